The predicted molar refractivity (Wildman–Crippen MR) is 87.5 cm³/mol. The minimum atomic E-state index is 0. The molecule has 20 heavy (non-hydrogen) atoms. The largest absolute Gasteiger partial charge is 0.492 e. The first-order chi connectivity index (χ1) is 9.22. The van der Waals surface area contributed by atoms with Crippen molar-refractivity contribution in [2.24, 2.45) is 17.6 Å². The fourth-order valence-electron chi connectivity index (χ4n) is 3.43. The van der Waals surface area contributed by atoms with Crippen molar-refractivity contribution in [2.75, 3.05) is 26.2 Å². The van der Waals surface area contributed by atoms with Crippen molar-refractivity contribution in [3.8, 4) is 5.75 Å². The minimum absolute atomic E-state index is 0. The number of benzene rings is 1. The van der Waals surface area contributed by atoms with Crippen LogP contribution in [0.5, 0.6) is 5.75 Å². The molecule has 5 heteroatoms. The first-order valence-corrected chi connectivity index (χ1v) is 7.88. The number of halogens is 2. The summed E-state index contributed by atoms with van der Waals surface area (Å²) in [6.07, 6.45) is 2.53. The lowest BCUT2D eigenvalue weighted by Crippen LogP contribution is -2.32. The number of nitrogens with zero attached hydrogens (tertiary/aromatic N) is 1. The van der Waals surface area contributed by atoms with Crippen LogP contribution in [0.2, 0.25) is 0 Å². The minimum Gasteiger partial charge on any atom is -0.492 e. The van der Waals surface area contributed by atoms with E-state index in [2.05, 4.69) is 20.8 Å². The van der Waals surface area contributed by atoms with Crippen LogP contribution in [-0.2, 0) is 0 Å². The topological polar surface area (TPSA) is 38.5 Å². The van der Waals surface area contributed by atoms with E-state index in [1.54, 1.807) is 0 Å². The molecule has 0 aromatic heterocycles. The van der Waals surface area contributed by atoms with Gasteiger partial charge in [-0.3, -0.25) is 4.90 Å². The van der Waals surface area contributed by atoms with Gasteiger partial charge in [0.15, 0.2) is 0 Å². The SMILES string of the molecule is Cl.NC1CCC2CN(CCOc3cccc(Br)c3)CC12. The van der Waals surface area contributed by atoms with Gasteiger partial charge in [-0.2, -0.15) is 0 Å². The molecule has 3 unspecified atom stereocenters. The molecule has 0 radical (unpaired) electrons. The van der Waals surface area contributed by atoms with Gasteiger partial charge in [0.25, 0.3) is 0 Å². The van der Waals surface area contributed by atoms with Gasteiger partial charge >= 0.3 is 0 Å². The van der Waals surface area contributed by atoms with Crippen LogP contribution in [0.4, 0.5) is 0 Å². The lowest BCUT2D eigenvalue weighted by atomic mass is 9.98. The van der Waals surface area contributed by atoms with Crippen molar-refractivity contribution in [1.82, 2.24) is 4.90 Å². The van der Waals surface area contributed by atoms with Crippen molar-refractivity contribution in [2.45, 2.75) is 18.9 Å². The third-order valence-electron chi connectivity index (χ3n) is 4.46. The summed E-state index contributed by atoms with van der Waals surface area (Å²) in [4.78, 5) is 2.51. The Morgan fingerprint density at radius 2 is 2.15 bits per heavy atom. The van der Waals surface area contributed by atoms with Gasteiger partial charge in [-0.1, -0.05) is 22.0 Å². The molecule has 1 aliphatic heterocycles. The molecular weight excluding hydrogens is 340 g/mol. The number of likely N-dealkylation sites (tertiary alicyclic amines) is 1. The second-order valence-electron chi connectivity index (χ2n) is 5.73. The summed E-state index contributed by atoms with van der Waals surface area (Å²) in [6, 6.07) is 8.45. The highest BCUT2D eigenvalue weighted by atomic mass is 79.9. The van der Waals surface area contributed by atoms with Crippen molar-refractivity contribution in [3.05, 3.63) is 28.7 Å². The summed E-state index contributed by atoms with van der Waals surface area (Å²) < 4.78 is 6.86. The average Bonchev–Trinajstić information content (AvgIpc) is 2.92. The van der Waals surface area contributed by atoms with Crippen LogP contribution in [0.3, 0.4) is 0 Å². The van der Waals surface area contributed by atoms with Gasteiger partial charge in [-0.05, 0) is 42.9 Å². The van der Waals surface area contributed by atoms with Crippen LogP contribution < -0.4 is 10.5 Å². The van der Waals surface area contributed by atoms with E-state index in [9.17, 15) is 0 Å². The Morgan fingerprint density at radius 3 is 2.90 bits per heavy atom. The predicted octanol–water partition coefficient (Wildman–Crippen LogP) is 2.92. The third-order valence-corrected chi connectivity index (χ3v) is 4.95. The van der Waals surface area contributed by atoms with Crippen molar-refractivity contribution in [3.63, 3.8) is 0 Å². The van der Waals surface area contributed by atoms with Gasteiger partial charge in [0.2, 0.25) is 0 Å². The maximum atomic E-state index is 6.16. The third kappa shape index (κ3) is 3.67. The number of hydrogen-bond donors (Lipinski definition) is 1. The highest BCUT2D eigenvalue weighted by molar-refractivity contribution is 9.10. The molecule has 0 spiro atoms. The van der Waals surface area contributed by atoms with Crippen LogP contribution in [0.15, 0.2) is 28.7 Å². The number of ether oxygens (including phenoxy) is 1. The van der Waals surface area contributed by atoms with Gasteiger partial charge in [0.1, 0.15) is 12.4 Å². The molecule has 1 saturated carbocycles. The molecule has 3 rings (SSSR count). The molecule has 2 aliphatic rings. The summed E-state index contributed by atoms with van der Waals surface area (Å²) in [6.45, 7) is 4.13. The summed E-state index contributed by atoms with van der Waals surface area (Å²) in [5.74, 6) is 2.50. The van der Waals surface area contributed by atoms with Crippen LogP contribution in [-0.4, -0.2) is 37.2 Å². The Kier molecular flexibility index (Phi) is 5.73. The maximum absolute atomic E-state index is 6.16. The molecule has 1 saturated heterocycles. The number of fused-ring (bicyclic) bond motifs is 1. The zero-order valence-electron chi connectivity index (χ0n) is 11.5. The fourth-order valence-corrected chi connectivity index (χ4v) is 3.81. The molecule has 3 nitrogen and oxygen atoms in total. The Bertz CT molecular complexity index is 446. The number of hydrogen-bond acceptors (Lipinski definition) is 3. The van der Waals surface area contributed by atoms with E-state index in [1.807, 2.05) is 24.3 Å². The Hall–Kier alpha value is -0.290. The summed E-state index contributed by atoms with van der Waals surface area (Å²) in [7, 11) is 0. The first-order valence-electron chi connectivity index (χ1n) is 7.08. The summed E-state index contributed by atoms with van der Waals surface area (Å²) in [5, 5.41) is 0. The second-order valence-corrected chi connectivity index (χ2v) is 6.65. The van der Waals surface area contributed by atoms with Crippen LogP contribution in [0.25, 0.3) is 0 Å². The van der Waals surface area contributed by atoms with E-state index in [1.165, 1.54) is 19.4 Å². The zero-order valence-corrected chi connectivity index (χ0v) is 13.9. The van der Waals surface area contributed by atoms with Crippen LogP contribution >= 0.6 is 28.3 Å². The van der Waals surface area contributed by atoms with Crippen LogP contribution in [0, 0.1) is 11.8 Å². The summed E-state index contributed by atoms with van der Waals surface area (Å²) >= 11 is 3.46. The first kappa shape index (κ1) is 16.1. The van der Waals surface area contributed by atoms with E-state index in [4.69, 9.17) is 10.5 Å². The quantitative estimate of drug-likeness (QED) is 0.896. The molecule has 1 aromatic carbocycles. The maximum Gasteiger partial charge on any atom is 0.120 e. The molecule has 2 N–H and O–H groups in total. The van der Waals surface area contributed by atoms with Crippen molar-refractivity contribution in [1.29, 1.82) is 0 Å². The highest BCUT2D eigenvalue weighted by Gasteiger charge is 2.40. The fraction of sp³-hybridized carbons (Fsp3) is 0.600. The van der Waals surface area contributed by atoms with Crippen LogP contribution in [0.1, 0.15) is 12.8 Å². The van der Waals surface area contributed by atoms with Gasteiger partial charge in [0, 0.05) is 30.1 Å². The van der Waals surface area contributed by atoms with Crippen molar-refractivity contribution >= 4 is 28.3 Å². The molecule has 0 bridgehead atoms. The molecule has 0 amide bonds. The van der Waals surface area contributed by atoms with E-state index in [-0.39, 0.29) is 12.4 Å². The smallest absolute Gasteiger partial charge is 0.120 e. The standard InChI is InChI=1S/C15H21BrN2O.ClH/c16-12-2-1-3-13(8-12)19-7-6-18-9-11-4-5-15(17)14(11)10-18;/h1-3,8,11,14-15H,4-7,9-10,17H2;1H. The molecule has 1 aliphatic carbocycles. The average molecular weight is 362 g/mol. The summed E-state index contributed by atoms with van der Waals surface area (Å²) in [5.41, 5.74) is 6.16. The monoisotopic (exact) mass is 360 g/mol. The molecule has 1 heterocycles. The lowest BCUT2D eigenvalue weighted by Gasteiger charge is -2.18. The highest BCUT2D eigenvalue weighted by Crippen LogP contribution is 2.36. The number of nitrogens with two attached hydrogens (primary N) is 1. The molecule has 3 atom stereocenters. The zero-order chi connectivity index (χ0) is 13.2. The molecule has 1 aromatic rings. The second kappa shape index (κ2) is 7.12. The van der Waals surface area contributed by atoms with E-state index < -0.39 is 0 Å². The normalized spacial score (nSPS) is 29.0. The van der Waals surface area contributed by atoms with E-state index >= 15 is 0 Å². The molecular formula is C15H22BrClN2O. The van der Waals surface area contributed by atoms with E-state index in [0.29, 0.717) is 6.04 Å². The lowest BCUT2D eigenvalue weighted by molar-refractivity contribution is 0.225. The van der Waals surface area contributed by atoms with Gasteiger partial charge in [0.05, 0.1) is 0 Å². The molecule has 112 valence electrons. The van der Waals surface area contributed by atoms with Crippen molar-refractivity contribution < 1.29 is 4.74 Å². The van der Waals surface area contributed by atoms with Gasteiger partial charge < -0.3 is 10.5 Å². The Balaban J connectivity index is 0.00000147. The Labute approximate surface area is 135 Å². The van der Waals surface area contributed by atoms with Gasteiger partial charge in [-0.25, -0.2) is 0 Å². The Morgan fingerprint density at radius 1 is 1.30 bits per heavy atom. The number of rotatable bonds is 4. The molecule has 2 fully saturated rings. The van der Waals surface area contributed by atoms with Gasteiger partial charge in [-0.15, -0.1) is 12.4 Å². The van der Waals surface area contributed by atoms with E-state index in [0.717, 1.165) is 41.8 Å².